The first-order chi connectivity index (χ1) is 12.4. The Balaban J connectivity index is 2.19. The number of aromatic hydroxyl groups is 2. The highest BCUT2D eigenvalue weighted by Gasteiger charge is 2.16. The monoisotopic (exact) mass is 350 g/mol. The summed E-state index contributed by atoms with van der Waals surface area (Å²) in [5.74, 6) is -3.17. The van der Waals surface area contributed by atoms with Crippen molar-refractivity contribution in [1.82, 2.24) is 0 Å². The zero-order valence-electron chi connectivity index (χ0n) is 13.4. The van der Waals surface area contributed by atoms with E-state index in [9.17, 15) is 30.0 Å². The molecular weight excluding hydrogens is 336 g/mol. The second-order valence-electron chi connectivity index (χ2n) is 5.62. The van der Waals surface area contributed by atoms with Crippen LogP contribution in [-0.2, 0) is 0 Å². The van der Waals surface area contributed by atoms with Gasteiger partial charge in [-0.1, -0.05) is 36.4 Å². The summed E-state index contributed by atoms with van der Waals surface area (Å²) < 4.78 is 0. The first kappa shape index (κ1) is 17.0. The lowest BCUT2D eigenvalue weighted by Gasteiger charge is -2.12. The molecular formula is C20H14O6. The van der Waals surface area contributed by atoms with Crippen LogP contribution in [0.15, 0.2) is 60.7 Å². The maximum absolute atomic E-state index is 11.3. The predicted octanol–water partition coefficient (Wildman–Crippen LogP) is 3.83. The van der Waals surface area contributed by atoms with E-state index in [2.05, 4.69) is 0 Å². The largest absolute Gasteiger partial charge is 0.507 e. The molecule has 0 saturated carbocycles. The van der Waals surface area contributed by atoms with Crippen LogP contribution in [0.2, 0.25) is 0 Å². The molecule has 6 nitrogen and oxygen atoms in total. The fraction of sp³-hybridized carbons (Fsp3) is 0. The molecule has 0 bridgehead atoms. The van der Waals surface area contributed by atoms with E-state index in [1.54, 1.807) is 36.4 Å². The summed E-state index contributed by atoms with van der Waals surface area (Å²) in [5, 5.41) is 37.8. The highest BCUT2D eigenvalue weighted by molar-refractivity contribution is 5.96. The average Bonchev–Trinajstić information content (AvgIpc) is 2.62. The SMILES string of the molecule is O=C(O)c1cc(-c2ccccc2-c2ccc(O)c(C(=O)O)c2)ccc1O. The third-order valence-corrected chi connectivity index (χ3v) is 4.00. The third kappa shape index (κ3) is 3.08. The quantitative estimate of drug-likeness (QED) is 0.568. The molecule has 0 atom stereocenters. The normalized spacial score (nSPS) is 10.5. The number of hydrogen-bond donors (Lipinski definition) is 4. The molecule has 0 unspecified atom stereocenters. The highest BCUT2D eigenvalue weighted by Crippen LogP contribution is 2.35. The van der Waals surface area contributed by atoms with E-state index in [0.717, 1.165) is 0 Å². The first-order valence-corrected chi connectivity index (χ1v) is 7.61. The van der Waals surface area contributed by atoms with Crippen molar-refractivity contribution in [3.05, 3.63) is 71.8 Å². The van der Waals surface area contributed by atoms with E-state index >= 15 is 0 Å². The van der Waals surface area contributed by atoms with Crippen molar-refractivity contribution in [1.29, 1.82) is 0 Å². The topological polar surface area (TPSA) is 115 Å². The van der Waals surface area contributed by atoms with Gasteiger partial charge >= 0.3 is 11.9 Å². The summed E-state index contributed by atoms with van der Waals surface area (Å²) in [6.07, 6.45) is 0. The van der Waals surface area contributed by atoms with Crippen molar-refractivity contribution in [3.8, 4) is 33.8 Å². The van der Waals surface area contributed by atoms with E-state index in [-0.39, 0.29) is 22.6 Å². The molecule has 3 aromatic carbocycles. The Hall–Kier alpha value is -3.80. The van der Waals surface area contributed by atoms with Gasteiger partial charge in [0.2, 0.25) is 0 Å². The van der Waals surface area contributed by atoms with Crippen molar-refractivity contribution in [2.24, 2.45) is 0 Å². The fourth-order valence-electron chi connectivity index (χ4n) is 2.74. The van der Waals surface area contributed by atoms with Gasteiger partial charge in [-0.15, -0.1) is 0 Å². The number of hydrogen-bond acceptors (Lipinski definition) is 4. The standard InChI is InChI=1S/C20H14O6/c21-17-7-5-11(9-15(17)19(23)24)13-3-1-2-4-14(13)12-6-8-18(22)16(10-12)20(25)26/h1-10,21-22H,(H,23,24)(H,25,26). The summed E-state index contributed by atoms with van der Waals surface area (Å²) in [7, 11) is 0. The molecule has 3 rings (SSSR count). The number of benzene rings is 3. The van der Waals surface area contributed by atoms with Gasteiger partial charge < -0.3 is 20.4 Å². The minimum absolute atomic E-state index is 0.228. The zero-order valence-corrected chi connectivity index (χ0v) is 13.4. The molecule has 0 heterocycles. The van der Waals surface area contributed by atoms with Crippen LogP contribution in [0.25, 0.3) is 22.3 Å². The van der Waals surface area contributed by atoms with Gasteiger partial charge in [0.15, 0.2) is 0 Å². The maximum Gasteiger partial charge on any atom is 0.339 e. The molecule has 0 saturated heterocycles. The molecule has 0 spiro atoms. The van der Waals surface area contributed by atoms with Gasteiger partial charge in [-0.2, -0.15) is 0 Å². The maximum atomic E-state index is 11.3. The van der Waals surface area contributed by atoms with Crippen LogP contribution in [0.3, 0.4) is 0 Å². The highest BCUT2D eigenvalue weighted by atomic mass is 16.4. The van der Waals surface area contributed by atoms with Gasteiger partial charge in [-0.3, -0.25) is 0 Å². The lowest BCUT2D eigenvalue weighted by molar-refractivity contribution is 0.0682. The van der Waals surface area contributed by atoms with Gasteiger partial charge in [0.1, 0.15) is 22.6 Å². The molecule has 6 heteroatoms. The molecule has 0 aromatic heterocycles. The lowest BCUT2D eigenvalue weighted by Crippen LogP contribution is -1.98. The Labute approximate surface area is 148 Å². The van der Waals surface area contributed by atoms with Gasteiger partial charge in [0.25, 0.3) is 0 Å². The molecule has 3 aromatic rings. The van der Waals surface area contributed by atoms with Crippen LogP contribution < -0.4 is 0 Å². The minimum Gasteiger partial charge on any atom is -0.507 e. The number of carboxylic acid groups (broad SMARTS) is 2. The molecule has 26 heavy (non-hydrogen) atoms. The Morgan fingerprint density at radius 2 is 1.00 bits per heavy atom. The minimum atomic E-state index is -1.25. The zero-order chi connectivity index (χ0) is 18.8. The predicted molar refractivity (Wildman–Crippen MR) is 94.6 cm³/mol. The van der Waals surface area contributed by atoms with Crippen LogP contribution in [0.1, 0.15) is 20.7 Å². The molecule has 0 radical (unpaired) electrons. The third-order valence-electron chi connectivity index (χ3n) is 4.00. The Morgan fingerprint density at radius 1 is 0.615 bits per heavy atom. The number of carbonyl (C=O) groups is 2. The van der Waals surface area contributed by atoms with Gasteiger partial charge in [-0.25, -0.2) is 9.59 Å². The second-order valence-corrected chi connectivity index (χ2v) is 5.62. The smallest absolute Gasteiger partial charge is 0.339 e. The Morgan fingerprint density at radius 3 is 1.35 bits per heavy atom. The van der Waals surface area contributed by atoms with Crippen molar-refractivity contribution >= 4 is 11.9 Å². The molecule has 0 fully saturated rings. The van der Waals surface area contributed by atoms with E-state index in [1.807, 2.05) is 0 Å². The van der Waals surface area contributed by atoms with E-state index < -0.39 is 11.9 Å². The van der Waals surface area contributed by atoms with Crippen LogP contribution in [0, 0.1) is 0 Å². The molecule has 0 amide bonds. The van der Waals surface area contributed by atoms with Crippen LogP contribution in [-0.4, -0.2) is 32.4 Å². The van der Waals surface area contributed by atoms with Crippen LogP contribution in [0.4, 0.5) is 0 Å². The first-order valence-electron chi connectivity index (χ1n) is 7.61. The van der Waals surface area contributed by atoms with Gasteiger partial charge in [0.05, 0.1) is 0 Å². The Kier molecular flexibility index (Phi) is 4.33. The van der Waals surface area contributed by atoms with E-state index in [1.165, 1.54) is 24.3 Å². The molecule has 130 valence electrons. The number of phenols is 2. The van der Waals surface area contributed by atoms with Gasteiger partial charge in [0, 0.05) is 0 Å². The molecule has 4 N–H and O–H groups in total. The second kappa shape index (κ2) is 6.60. The van der Waals surface area contributed by atoms with Gasteiger partial charge in [-0.05, 0) is 46.5 Å². The average molecular weight is 350 g/mol. The van der Waals surface area contributed by atoms with Crippen LogP contribution in [0.5, 0.6) is 11.5 Å². The number of rotatable bonds is 4. The summed E-state index contributed by atoms with van der Waals surface area (Å²) in [6, 6.07) is 15.5. The molecule has 0 aliphatic carbocycles. The summed E-state index contributed by atoms with van der Waals surface area (Å²) in [6.45, 7) is 0. The Bertz CT molecular complexity index is 940. The van der Waals surface area contributed by atoms with Crippen molar-refractivity contribution in [3.63, 3.8) is 0 Å². The summed E-state index contributed by atoms with van der Waals surface area (Å²) in [4.78, 5) is 22.5. The van der Waals surface area contributed by atoms with Crippen molar-refractivity contribution in [2.75, 3.05) is 0 Å². The molecule has 0 aliphatic rings. The fourth-order valence-corrected chi connectivity index (χ4v) is 2.74. The van der Waals surface area contributed by atoms with E-state index in [0.29, 0.717) is 22.3 Å². The number of carboxylic acids is 2. The van der Waals surface area contributed by atoms with Crippen molar-refractivity contribution < 1.29 is 30.0 Å². The van der Waals surface area contributed by atoms with E-state index in [4.69, 9.17) is 0 Å². The summed E-state index contributed by atoms with van der Waals surface area (Å²) in [5.41, 5.74) is 1.99. The van der Waals surface area contributed by atoms with Crippen molar-refractivity contribution in [2.45, 2.75) is 0 Å². The summed E-state index contributed by atoms with van der Waals surface area (Å²) >= 11 is 0. The van der Waals surface area contributed by atoms with Crippen LogP contribution >= 0.6 is 0 Å². The molecule has 0 aliphatic heterocycles. The number of aromatic carboxylic acids is 2. The lowest BCUT2D eigenvalue weighted by atomic mass is 9.92.